The zero-order valence-corrected chi connectivity index (χ0v) is 17.7. The third-order valence-electron chi connectivity index (χ3n) is 4.84. The molecule has 0 saturated carbocycles. The molecule has 0 radical (unpaired) electrons. The maximum absolute atomic E-state index is 11.0. The molecule has 1 unspecified atom stereocenters. The normalized spacial score (nSPS) is 12.1. The molecular formula is C23H17Cl3N2O. The van der Waals surface area contributed by atoms with E-state index in [2.05, 4.69) is 10.3 Å². The van der Waals surface area contributed by atoms with Crippen molar-refractivity contribution in [2.45, 2.75) is 13.0 Å². The topological polar surface area (TPSA) is 45.2 Å². The van der Waals surface area contributed by atoms with Gasteiger partial charge in [0.2, 0.25) is 0 Å². The van der Waals surface area contributed by atoms with Crippen LogP contribution in [0.4, 0.5) is 5.69 Å². The van der Waals surface area contributed by atoms with Gasteiger partial charge in [0, 0.05) is 27.9 Å². The van der Waals surface area contributed by atoms with Crippen LogP contribution in [0.3, 0.4) is 0 Å². The lowest BCUT2D eigenvalue weighted by atomic mass is 9.96. The van der Waals surface area contributed by atoms with Crippen molar-refractivity contribution in [1.82, 2.24) is 4.98 Å². The van der Waals surface area contributed by atoms with Crippen molar-refractivity contribution in [1.29, 1.82) is 0 Å². The summed E-state index contributed by atoms with van der Waals surface area (Å²) in [5, 5.41) is 17.0. The second-order valence-corrected chi connectivity index (χ2v) is 8.01. The predicted octanol–water partition coefficient (Wildman–Crippen LogP) is 7.41. The Morgan fingerprint density at radius 1 is 0.897 bits per heavy atom. The summed E-state index contributed by atoms with van der Waals surface area (Å²) in [6.45, 7) is 1.94. The molecule has 4 aromatic rings. The first-order valence-corrected chi connectivity index (χ1v) is 10.1. The van der Waals surface area contributed by atoms with Crippen LogP contribution in [0.15, 0.2) is 66.9 Å². The molecule has 3 nitrogen and oxygen atoms in total. The number of phenolic OH excluding ortho intramolecular Hbond substituents is 1. The minimum absolute atomic E-state index is 0.123. The van der Waals surface area contributed by atoms with Gasteiger partial charge in [-0.25, -0.2) is 0 Å². The Hall–Kier alpha value is -2.46. The van der Waals surface area contributed by atoms with E-state index in [1.807, 2.05) is 55.5 Å². The largest absolute Gasteiger partial charge is 0.505 e. The zero-order valence-electron chi connectivity index (χ0n) is 15.5. The highest BCUT2D eigenvalue weighted by molar-refractivity contribution is 6.42. The van der Waals surface area contributed by atoms with Gasteiger partial charge in [-0.2, -0.15) is 0 Å². The molecule has 3 aromatic carbocycles. The van der Waals surface area contributed by atoms with E-state index >= 15 is 0 Å². The number of halogens is 3. The van der Waals surface area contributed by atoms with Crippen molar-refractivity contribution in [3.05, 3.63) is 98.6 Å². The smallest absolute Gasteiger partial charge is 0.147 e. The standard InChI is InChI=1S/C23H17Cl3N2O/c1-13-11-16(6-9-18(13)24)28-21(15-5-8-19(25)20(26)12-15)17-7-4-14-3-2-10-27-22(14)23(17)29/h2-12,21,28-29H,1H3. The number of anilines is 1. The average Bonchev–Trinajstić information content (AvgIpc) is 2.72. The van der Waals surface area contributed by atoms with E-state index in [1.54, 1.807) is 18.3 Å². The number of pyridine rings is 1. The zero-order chi connectivity index (χ0) is 20.5. The predicted molar refractivity (Wildman–Crippen MR) is 122 cm³/mol. The summed E-state index contributed by atoms with van der Waals surface area (Å²) >= 11 is 18.6. The summed E-state index contributed by atoms with van der Waals surface area (Å²) in [5.74, 6) is 0.123. The molecule has 29 heavy (non-hydrogen) atoms. The van der Waals surface area contributed by atoms with Crippen LogP contribution in [0.25, 0.3) is 10.9 Å². The van der Waals surface area contributed by atoms with E-state index in [9.17, 15) is 5.11 Å². The monoisotopic (exact) mass is 442 g/mol. The second-order valence-electron chi connectivity index (χ2n) is 6.79. The van der Waals surface area contributed by atoms with Crippen LogP contribution in [0.2, 0.25) is 15.1 Å². The number of nitrogens with one attached hydrogen (secondary N) is 1. The molecule has 6 heteroatoms. The van der Waals surface area contributed by atoms with E-state index < -0.39 is 0 Å². The minimum atomic E-state index is -0.378. The Morgan fingerprint density at radius 3 is 2.45 bits per heavy atom. The minimum Gasteiger partial charge on any atom is -0.505 e. The van der Waals surface area contributed by atoms with Gasteiger partial charge in [-0.05, 0) is 54.4 Å². The lowest BCUT2D eigenvalue weighted by molar-refractivity contribution is 0.472. The fourth-order valence-corrected chi connectivity index (χ4v) is 3.74. The van der Waals surface area contributed by atoms with Gasteiger partial charge in [0.1, 0.15) is 11.3 Å². The van der Waals surface area contributed by atoms with E-state index in [4.69, 9.17) is 34.8 Å². The Morgan fingerprint density at radius 2 is 1.69 bits per heavy atom. The second kappa shape index (κ2) is 8.11. The van der Waals surface area contributed by atoms with Crippen LogP contribution < -0.4 is 5.32 Å². The molecule has 1 aromatic heterocycles. The number of aromatic hydroxyl groups is 1. The molecule has 0 fully saturated rings. The number of aromatic nitrogens is 1. The molecule has 0 amide bonds. The van der Waals surface area contributed by atoms with Gasteiger partial charge in [0.05, 0.1) is 16.1 Å². The van der Waals surface area contributed by atoms with E-state index in [1.165, 1.54) is 0 Å². The molecule has 146 valence electrons. The molecule has 2 N–H and O–H groups in total. The molecule has 4 rings (SSSR count). The summed E-state index contributed by atoms with van der Waals surface area (Å²) in [6, 6.07) is 18.3. The maximum atomic E-state index is 11.0. The number of benzene rings is 3. The van der Waals surface area contributed by atoms with Gasteiger partial charge in [-0.15, -0.1) is 0 Å². The average molecular weight is 444 g/mol. The van der Waals surface area contributed by atoms with Gasteiger partial charge in [-0.3, -0.25) is 4.98 Å². The fraction of sp³-hybridized carbons (Fsp3) is 0.0870. The number of nitrogens with zero attached hydrogens (tertiary/aromatic N) is 1. The first kappa shape index (κ1) is 19.8. The van der Waals surface area contributed by atoms with Crippen molar-refractivity contribution < 1.29 is 5.11 Å². The van der Waals surface area contributed by atoms with Crippen LogP contribution >= 0.6 is 34.8 Å². The van der Waals surface area contributed by atoms with Crippen LogP contribution in [0, 0.1) is 6.92 Å². The number of hydrogen-bond donors (Lipinski definition) is 2. The summed E-state index contributed by atoms with van der Waals surface area (Å²) in [5.41, 5.74) is 3.90. The first-order valence-electron chi connectivity index (χ1n) is 8.98. The highest BCUT2D eigenvalue weighted by atomic mass is 35.5. The summed E-state index contributed by atoms with van der Waals surface area (Å²) in [6.07, 6.45) is 1.66. The van der Waals surface area contributed by atoms with Crippen molar-refractivity contribution in [2.75, 3.05) is 5.32 Å². The third kappa shape index (κ3) is 3.99. The van der Waals surface area contributed by atoms with Crippen molar-refractivity contribution >= 4 is 51.4 Å². The Labute approximate surface area is 183 Å². The molecule has 0 aliphatic rings. The Balaban J connectivity index is 1.86. The van der Waals surface area contributed by atoms with E-state index in [0.29, 0.717) is 26.1 Å². The van der Waals surface area contributed by atoms with Gasteiger partial charge in [0.15, 0.2) is 0 Å². The fourth-order valence-electron chi connectivity index (χ4n) is 3.31. The van der Waals surface area contributed by atoms with E-state index in [-0.39, 0.29) is 11.8 Å². The van der Waals surface area contributed by atoms with Gasteiger partial charge in [-0.1, -0.05) is 59.1 Å². The summed E-state index contributed by atoms with van der Waals surface area (Å²) in [7, 11) is 0. The summed E-state index contributed by atoms with van der Waals surface area (Å²) in [4.78, 5) is 4.34. The molecule has 0 saturated heterocycles. The third-order valence-corrected chi connectivity index (χ3v) is 6.00. The number of aryl methyl sites for hydroxylation is 1. The molecule has 1 atom stereocenters. The molecule has 0 bridgehead atoms. The number of fused-ring (bicyclic) bond motifs is 1. The van der Waals surface area contributed by atoms with Crippen molar-refractivity contribution in [3.8, 4) is 5.75 Å². The van der Waals surface area contributed by atoms with Crippen molar-refractivity contribution in [3.63, 3.8) is 0 Å². The molecule has 0 spiro atoms. The van der Waals surface area contributed by atoms with Gasteiger partial charge in [0.25, 0.3) is 0 Å². The van der Waals surface area contributed by atoms with Crippen LogP contribution in [-0.4, -0.2) is 10.1 Å². The highest BCUT2D eigenvalue weighted by Gasteiger charge is 2.21. The van der Waals surface area contributed by atoms with E-state index in [0.717, 1.165) is 22.2 Å². The van der Waals surface area contributed by atoms with Gasteiger partial charge >= 0.3 is 0 Å². The number of rotatable bonds is 4. The molecule has 0 aliphatic carbocycles. The first-order chi connectivity index (χ1) is 13.9. The Bertz CT molecular complexity index is 1210. The van der Waals surface area contributed by atoms with Crippen molar-refractivity contribution in [2.24, 2.45) is 0 Å². The number of phenols is 1. The molecule has 1 heterocycles. The lowest BCUT2D eigenvalue weighted by Crippen LogP contribution is -2.13. The lowest BCUT2D eigenvalue weighted by Gasteiger charge is -2.23. The van der Waals surface area contributed by atoms with Gasteiger partial charge < -0.3 is 10.4 Å². The summed E-state index contributed by atoms with van der Waals surface area (Å²) < 4.78 is 0. The van der Waals surface area contributed by atoms with Crippen LogP contribution in [0.1, 0.15) is 22.7 Å². The number of hydrogen-bond acceptors (Lipinski definition) is 3. The highest BCUT2D eigenvalue weighted by Crippen LogP contribution is 2.38. The van der Waals surface area contributed by atoms with Crippen LogP contribution in [-0.2, 0) is 0 Å². The molecular weight excluding hydrogens is 427 g/mol. The maximum Gasteiger partial charge on any atom is 0.147 e. The molecule has 0 aliphatic heterocycles. The van der Waals surface area contributed by atoms with Crippen LogP contribution in [0.5, 0.6) is 5.75 Å². The Kier molecular flexibility index (Phi) is 5.55. The quantitative estimate of drug-likeness (QED) is 0.345. The SMILES string of the molecule is Cc1cc(NC(c2ccc(Cl)c(Cl)c2)c2ccc3cccnc3c2O)ccc1Cl.